The van der Waals surface area contributed by atoms with Crippen molar-refractivity contribution in [1.82, 2.24) is 5.32 Å². The molecule has 0 fully saturated rings. The summed E-state index contributed by atoms with van der Waals surface area (Å²) in [5.41, 5.74) is -0.505. The van der Waals surface area contributed by atoms with Crippen molar-refractivity contribution in [2.75, 3.05) is 7.11 Å². The van der Waals surface area contributed by atoms with Crippen LogP contribution >= 0.6 is 0 Å². The zero-order chi connectivity index (χ0) is 15.3. The first-order valence-electron chi connectivity index (χ1n) is 6.23. The van der Waals surface area contributed by atoms with Crippen molar-refractivity contribution in [3.63, 3.8) is 0 Å². The number of nitrogens with one attached hydrogen (secondary N) is 1. The Bertz CT molecular complexity index is 460. The van der Waals surface area contributed by atoms with Crippen molar-refractivity contribution in [3.8, 4) is 0 Å². The number of alkyl halides is 3. The standard InChI is InChI=1S/C14H18F3NO2/c1-9(13(19)20-3)10(2)18-8-11-6-4-5-7-12(11)14(15,16)17/h4-7,9-10,18H,8H2,1-3H3. The normalized spacial score (nSPS) is 14.7. The second kappa shape index (κ2) is 6.74. The van der Waals surface area contributed by atoms with Crippen LogP contribution in [0.4, 0.5) is 13.2 Å². The first-order valence-corrected chi connectivity index (χ1v) is 6.23. The van der Waals surface area contributed by atoms with Gasteiger partial charge >= 0.3 is 12.1 Å². The van der Waals surface area contributed by atoms with E-state index in [9.17, 15) is 18.0 Å². The summed E-state index contributed by atoms with van der Waals surface area (Å²) in [5.74, 6) is -0.827. The number of hydrogen-bond donors (Lipinski definition) is 1. The average molecular weight is 289 g/mol. The number of carbonyl (C=O) groups excluding carboxylic acids is 1. The minimum Gasteiger partial charge on any atom is -0.469 e. The SMILES string of the molecule is COC(=O)C(C)C(C)NCc1ccccc1C(F)(F)F. The minimum atomic E-state index is -4.38. The van der Waals surface area contributed by atoms with E-state index in [4.69, 9.17) is 0 Å². The lowest BCUT2D eigenvalue weighted by Crippen LogP contribution is -2.36. The van der Waals surface area contributed by atoms with Gasteiger partial charge in [-0.15, -0.1) is 0 Å². The number of hydrogen-bond acceptors (Lipinski definition) is 3. The zero-order valence-corrected chi connectivity index (χ0v) is 11.6. The molecular formula is C14H18F3NO2. The van der Waals surface area contributed by atoms with Crippen LogP contribution in [0.15, 0.2) is 24.3 Å². The quantitative estimate of drug-likeness (QED) is 0.847. The lowest BCUT2D eigenvalue weighted by molar-refractivity contribution is -0.145. The maximum atomic E-state index is 12.8. The van der Waals surface area contributed by atoms with Crippen LogP contribution in [0.5, 0.6) is 0 Å². The Morgan fingerprint density at radius 2 is 1.90 bits per heavy atom. The number of halogens is 3. The largest absolute Gasteiger partial charge is 0.469 e. The predicted octanol–water partition coefficient (Wildman–Crippen LogP) is 2.99. The van der Waals surface area contributed by atoms with Gasteiger partial charge in [0.05, 0.1) is 18.6 Å². The molecule has 0 aliphatic carbocycles. The monoisotopic (exact) mass is 289 g/mol. The smallest absolute Gasteiger partial charge is 0.416 e. The summed E-state index contributed by atoms with van der Waals surface area (Å²) < 4.78 is 43.0. The Morgan fingerprint density at radius 3 is 2.45 bits per heavy atom. The highest BCUT2D eigenvalue weighted by Crippen LogP contribution is 2.31. The van der Waals surface area contributed by atoms with E-state index in [1.54, 1.807) is 19.9 Å². The molecule has 1 aromatic rings. The van der Waals surface area contributed by atoms with Crippen LogP contribution in [-0.2, 0) is 22.3 Å². The fraction of sp³-hybridized carbons (Fsp3) is 0.500. The van der Waals surface area contributed by atoms with Gasteiger partial charge in [-0.25, -0.2) is 0 Å². The van der Waals surface area contributed by atoms with Crippen molar-refractivity contribution in [1.29, 1.82) is 0 Å². The molecular weight excluding hydrogens is 271 g/mol. The van der Waals surface area contributed by atoms with E-state index < -0.39 is 23.6 Å². The topological polar surface area (TPSA) is 38.3 Å². The maximum Gasteiger partial charge on any atom is 0.416 e. The lowest BCUT2D eigenvalue weighted by atomic mass is 10.0. The molecule has 0 spiro atoms. The summed E-state index contributed by atoms with van der Waals surface area (Å²) in [7, 11) is 1.28. The first-order chi connectivity index (χ1) is 9.27. The van der Waals surface area contributed by atoms with Gasteiger partial charge in [0.2, 0.25) is 0 Å². The Labute approximate surface area is 116 Å². The molecule has 0 amide bonds. The van der Waals surface area contributed by atoms with Gasteiger partial charge in [0.25, 0.3) is 0 Å². The molecule has 112 valence electrons. The van der Waals surface area contributed by atoms with Crippen molar-refractivity contribution < 1.29 is 22.7 Å². The highest BCUT2D eigenvalue weighted by molar-refractivity contribution is 5.72. The van der Waals surface area contributed by atoms with Crippen LogP contribution in [0.25, 0.3) is 0 Å². The maximum absolute atomic E-state index is 12.8. The number of benzene rings is 1. The molecule has 0 aliphatic heterocycles. The van der Waals surface area contributed by atoms with Gasteiger partial charge in [-0.05, 0) is 18.6 Å². The molecule has 0 aliphatic rings. The number of carbonyl (C=O) groups is 1. The Morgan fingerprint density at radius 1 is 1.30 bits per heavy atom. The summed E-state index contributed by atoms with van der Waals surface area (Å²) >= 11 is 0. The van der Waals surface area contributed by atoms with Crippen LogP contribution in [0.2, 0.25) is 0 Å². The van der Waals surface area contributed by atoms with E-state index >= 15 is 0 Å². The van der Waals surface area contributed by atoms with E-state index in [-0.39, 0.29) is 18.2 Å². The number of esters is 1. The first kappa shape index (κ1) is 16.5. The van der Waals surface area contributed by atoms with E-state index in [0.717, 1.165) is 6.07 Å². The molecule has 0 saturated heterocycles. The number of ether oxygens (including phenoxy) is 1. The fourth-order valence-corrected chi connectivity index (χ4v) is 1.79. The summed E-state index contributed by atoms with van der Waals surface area (Å²) in [6.07, 6.45) is -4.38. The van der Waals surface area contributed by atoms with Gasteiger partial charge in [0.15, 0.2) is 0 Å². The molecule has 1 aromatic carbocycles. The third-order valence-electron chi connectivity index (χ3n) is 3.26. The molecule has 1 N–H and O–H groups in total. The fourth-order valence-electron chi connectivity index (χ4n) is 1.79. The third-order valence-corrected chi connectivity index (χ3v) is 3.26. The minimum absolute atomic E-state index is 0.0399. The Hall–Kier alpha value is -1.56. The molecule has 0 heterocycles. The van der Waals surface area contributed by atoms with Crippen molar-refractivity contribution in [3.05, 3.63) is 35.4 Å². The van der Waals surface area contributed by atoms with Gasteiger partial charge in [-0.3, -0.25) is 4.79 Å². The van der Waals surface area contributed by atoms with Crippen molar-refractivity contribution in [2.45, 2.75) is 32.6 Å². The van der Waals surface area contributed by atoms with E-state index in [1.165, 1.54) is 19.2 Å². The molecule has 0 radical (unpaired) electrons. The second-order valence-corrected chi connectivity index (χ2v) is 4.64. The molecule has 2 unspecified atom stereocenters. The third kappa shape index (κ3) is 4.23. The molecule has 3 nitrogen and oxygen atoms in total. The van der Waals surface area contributed by atoms with Gasteiger partial charge in [-0.2, -0.15) is 13.2 Å². The van der Waals surface area contributed by atoms with Crippen LogP contribution < -0.4 is 5.32 Å². The Balaban J connectivity index is 2.74. The highest BCUT2D eigenvalue weighted by Gasteiger charge is 2.33. The van der Waals surface area contributed by atoms with Gasteiger partial charge in [-0.1, -0.05) is 25.1 Å². The van der Waals surface area contributed by atoms with Crippen LogP contribution in [0.1, 0.15) is 25.0 Å². The zero-order valence-electron chi connectivity index (χ0n) is 11.6. The molecule has 0 saturated carbocycles. The van der Waals surface area contributed by atoms with E-state index in [0.29, 0.717) is 0 Å². The molecule has 0 aromatic heterocycles. The van der Waals surface area contributed by atoms with Gasteiger partial charge in [0.1, 0.15) is 0 Å². The van der Waals surface area contributed by atoms with Crippen molar-refractivity contribution in [2.24, 2.45) is 5.92 Å². The lowest BCUT2D eigenvalue weighted by Gasteiger charge is -2.20. The predicted molar refractivity (Wildman–Crippen MR) is 68.9 cm³/mol. The van der Waals surface area contributed by atoms with Crippen LogP contribution in [0.3, 0.4) is 0 Å². The van der Waals surface area contributed by atoms with Gasteiger partial charge < -0.3 is 10.1 Å². The summed E-state index contributed by atoms with van der Waals surface area (Å²) in [4.78, 5) is 11.3. The second-order valence-electron chi connectivity index (χ2n) is 4.64. The van der Waals surface area contributed by atoms with Gasteiger partial charge in [0, 0.05) is 12.6 Å². The van der Waals surface area contributed by atoms with Crippen LogP contribution in [-0.4, -0.2) is 19.1 Å². The molecule has 20 heavy (non-hydrogen) atoms. The molecule has 6 heteroatoms. The van der Waals surface area contributed by atoms with Crippen molar-refractivity contribution >= 4 is 5.97 Å². The van der Waals surface area contributed by atoms with Crippen LogP contribution in [0, 0.1) is 5.92 Å². The molecule has 2 atom stereocenters. The molecule has 1 rings (SSSR count). The number of rotatable bonds is 5. The average Bonchev–Trinajstić information content (AvgIpc) is 2.42. The Kier molecular flexibility index (Phi) is 5.56. The summed E-state index contributed by atoms with van der Waals surface area (Å²) in [5, 5.41) is 2.93. The number of methoxy groups -OCH3 is 1. The summed E-state index contributed by atoms with van der Waals surface area (Å²) in [6.45, 7) is 3.44. The highest BCUT2D eigenvalue weighted by atomic mass is 19.4. The molecule has 0 bridgehead atoms. The van der Waals surface area contributed by atoms with E-state index in [1.807, 2.05) is 0 Å². The van der Waals surface area contributed by atoms with E-state index in [2.05, 4.69) is 10.1 Å². The summed E-state index contributed by atoms with van der Waals surface area (Å²) in [6, 6.07) is 5.09.